The second kappa shape index (κ2) is 4.23. The zero-order valence-corrected chi connectivity index (χ0v) is 8.44. The SMILES string of the molecule is O=C(O)CCc1ccc(F)c2c1B(O)OC2. The van der Waals surface area contributed by atoms with Gasteiger partial charge in [0.05, 0.1) is 6.61 Å². The average molecular weight is 224 g/mol. The van der Waals surface area contributed by atoms with Crippen molar-refractivity contribution in [1.82, 2.24) is 0 Å². The number of fused-ring (bicyclic) bond motifs is 1. The smallest absolute Gasteiger partial charge is 0.481 e. The quantitative estimate of drug-likeness (QED) is 0.712. The zero-order valence-electron chi connectivity index (χ0n) is 8.44. The van der Waals surface area contributed by atoms with Crippen LogP contribution in [0.3, 0.4) is 0 Å². The molecule has 6 heteroatoms. The van der Waals surface area contributed by atoms with Gasteiger partial charge in [0.25, 0.3) is 0 Å². The number of aryl methyl sites for hydroxylation is 1. The standard InChI is InChI=1S/C10H10BFO4/c12-8-3-1-6(2-4-9(13)14)10-7(8)5-16-11(10)15/h1,3,15H,2,4-5H2,(H,13,14). The first kappa shape index (κ1) is 11.1. The first-order valence-corrected chi connectivity index (χ1v) is 4.91. The molecule has 4 nitrogen and oxygen atoms in total. The van der Waals surface area contributed by atoms with Gasteiger partial charge in [0.1, 0.15) is 5.82 Å². The topological polar surface area (TPSA) is 66.8 Å². The summed E-state index contributed by atoms with van der Waals surface area (Å²) in [7, 11) is -1.14. The van der Waals surface area contributed by atoms with E-state index in [1.54, 1.807) is 0 Å². The number of rotatable bonds is 3. The Balaban J connectivity index is 2.33. The lowest BCUT2D eigenvalue weighted by molar-refractivity contribution is -0.136. The second-order valence-electron chi connectivity index (χ2n) is 3.66. The fourth-order valence-electron chi connectivity index (χ4n) is 1.85. The number of carboxylic acids is 1. The van der Waals surface area contributed by atoms with Crippen molar-refractivity contribution in [2.45, 2.75) is 19.4 Å². The lowest BCUT2D eigenvalue weighted by Gasteiger charge is -2.07. The van der Waals surface area contributed by atoms with Crippen molar-refractivity contribution in [3.63, 3.8) is 0 Å². The van der Waals surface area contributed by atoms with Gasteiger partial charge in [0, 0.05) is 12.0 Å². The zero-order chi connectivity index (χ0) is 11.7. The summed E-state index contributed by atoms with van der Waals surface area (Å²) in [5.74, 6) is -1.35. The third-order valence-corrected chi connectivity index (χ3v) is 2.63. The minimum Gasteiger partial charge on any atom is -0.481 e. The summed E-state index contributed by atoms with van der Waals surface area (Å²) < 4.78 is 18.3. The van der Waals surface area contributed by atoms with E-state index in [1.165, 1.54) is 12.1 Å². The minimum absolute atomic E-state index is 0.0310. The van der Waals surface area contributed by atoms with Gasteiger partial charge < -0.3 is 14.8 Å². The van der Waals surface area contributed by atoms with Crippen LogP contribution >= 0.6 is 0 Å². The van der Waals surface area contributed by atoms with E-state index in [1.807, 2.05) is 0 Å². The van der Waals surface area contributed by atoms with E-state index in [4.69, 9.17) is 9.76 Å². The molecule has 84 valence electrons. The summed E-state index contributed by atoms with van der Waals surface area (Å²) >= 11 is 0. The molecule has 2 N–H and O–H groups in total. The third kappa shape index (κ3) is 1.94. The average Bonchev–Trinajstić information content (AvgIpc) is 2.61. The number of halogens is 1. The molecule has 1 heterocycles. The number of hydrogen-bond acceptors (Lipinski definition) is 3. The van der Waals surface area contributed by atoms with Crippen LogP contribution in [0.4, 0.5) is 4.39 Å². The molecule has 1 aliphatic rings. The molecule has 0 unspecified atom stereocenters. The number of carboxylic acid groups (broad SMARTS) is 1. The van der Waals surface area contributed by atoms with E-state index >= 15 is 0 Å². The van der Waals surface area contributed by atoms with Gasteiger partial charge in [0.15, 0.2) is 0 Å². The fourth-order valence-corrected chi connectivity index (χ4v) is 1.85. The largest absolute Gasteiger partial charge is 0.492 e. The Hall–Kier alpha value is -1.40. The lowest BCUT2D eigenvalue weighted by atomic mass is 9.75. The van der Waals surface area contributed by atoms with Crippen molar-refractivity contribution in [2.24, 2.45) is 0 Å². The molecule has 16 heavy (non-hydrogen) atoms. The first-order valence-electron chi connectivity index (χ1n) is 4.91. The van der Waals surface area contributed by atoms with Crippen LogP contribution in [0.1, 0.15) is 17.5 Å². The van der Waals surface area contributed by atoms with E-state index < -0.39 is 18.9 Å². The molecular formula is C10H10BFO4. The Bertz CT molecular complexity index is 435. The van der Waals surface area contributed by atoms with E-state index in [-0.39, 0.29) is 19.4 Å². The Morgan fingerprint density at radius 1 is 1.56 bits per heavy atom. The predicted octanol–water partition coefficient (Wildman–Crippen LogP) is 0.0606. The van der Waals surface area contributed by atoms with Crippen molar-refractivity contribution in [3.05, 3.63) is 29.1 Å². The summed E-state index contributed by atoms with van der Waals surface area (Å²) in [5.41, 5.74) is 1.35. The Kier molecular flexibility index (Phi) is 2.94. The van der Waals surface area contributed by atoms with Gasteiger partial charge in [-0.15, -0.1) is 0 Å². The molecule has 0 saturated carbocycles. The molecule has 0 spiro atoms. The molecule has 1 aromatic rings. The molecule has 0 aromatic heterocycles. The Morgan fingerprint density at radius 3 is 3.00 bits per heavy atom. The van der Waals surface area contributed by atoms with Gasteiger partial charge in [-0.25, -0.2) is 4.39 Å². The van der Waals surface area contributed by atoms with Crippen molar-refractivity contribution in [1.29, 1.82) is 0 Å². The molecule has 0 bridgehead atoms. The third-order valence-electron chi connectivity index (χ3n) is 2.63. The van der Waals surface area contributed by atoms with Crippen LogP contribution < -0.4 is 5.46 Å². The van der Waals surface area contributed by atoms with Gasteiger partial charge in [-0.05, 0) is 23.5 Å². The van der Waals surface area contributed by atoms with E-state index in [9.17, 15) is 14.2 Å². The Labute approximate surface area is 91.8 Å². The lowest BCUT2D eigenvalue weighted by Crippen LogP contribution is -2.32. The molecule has 0 amide bonds. The summed E-state index contributed by atoms with van der Waals surface area (Å²) in [6.45, 7) is 0.0310. The molecule has 0 saturated heterocycles. The maximum Gasteiger partial charge on any atom is 0.492 e. The maximum absolute atomic E-state index is 13.3. The van der Waals surface area contributed by atoms with Crippen molar-refractivity contribution < 1.29 is 24.0 Å². The van der Waals surface area contributed by atoms with Crippen molar-refractivity contribution in [2.75, 3.05) is 0 Å². The maximum atomic E-state index is 13.3. The number of hydrogen-bond donors (Lipinski definition) is 2. The van der Waals surface area contributed by atoms with E-state index in [0.29, 0.717) is 16.6 Å². The van der Waals surface area contributed by atoms with E-state index in [0.717, 1.165) is 0 Å². The van der Waals surface area contributed by atoms with Crippen LogP contribution in [0, 0.1) is 5.82 Å². The number of carbonyl (C=O) groups is 1. The van der Waals surface area contributed by atoms with Gasteiger partial charge in [-0.3, -0.25) is 4.79 Å². The molecule has 0 fully saturated rings. The summed E-state index contributed by atoms with van der Waals surface area (Å²) in [6, 6.07) is 2.77. The molecule has 0 aliphatic carbocycles. The molecule has 2 rings (SSSR count). The van der Waals surface area contributed by atoms with Crippen LogP contribution in [0.15, 0.2) is 12.1 Å². The molecule has 1 aromatic carbocycles. The van der Waals surface area contributed by atoms with Crippen LogP contribution in [0.25, 0.3) is 0 Å². The highest BCUT2D eigenvalue weighted by Gasteiger charge is 2.32. The van der Waals surface area contributed by atoms with Gasteiger partial charge >= 0.3 is 13.1 Å². The predicted molar refractivity (Wildman–Crippen MR) is 54.8 cm³/mol. The second-order valence-corrected chi connectivity index (χ2v) is 3.66. The minimum atomic E-state index is -1.14. The summed E-state index contributed by atoms with van der Waals surface area (Å²) in [6.07, 6.45) is 0.211. The van der Waals surface area contributed by atoms with Crippen LogP contribution in [0.2, 0.25) is 0 Å². The Morgan fingerprint density at radius 2 is 2.31 bits per heavy atom. The fraction of sp³-hybridized carbons (Fsp3) is 0.300. The monoisotopic (exact) mass is 224 g/mol. The normalized spacial score (nSPS) is 14.0. The van der Waals surface area contributed by atoms with Crippen molar-refractivity contribution in [3.8, 4) is 0 Å². The molecule has 1 aliphatic heterocycles. The van der Waals surface area contributed by atoms with Crippen LogP contribution in [0.5, 0.6) is 0 Å². The van der Waals surface area contributed by atoms with E-state index in [2.05, 4.69) is 0 Å². The number of aliphatic carboxylic acids is 1. The van der Waals surface area contributed by atoms with Crippen molar-refractivity contribution >= 4 is 18.6 Å². The highest BCUT2D eigenvalue weighted by atomic mass is 19.1. The van der Waals surface area contributed by atoms with Gasteiger partial charge in [0.2, 0.25) is 0 Å². The molecule has 0 radical (unpaired) electrons. The highest BCUT2D eigenvalue weighted by molar-refractivity contribution is 6.62. The highest BCUT2D eigenvalue weighted by Crippen LogP contribution is 2.17. The summed E-state index contributed by atoms with van der Waals surface area (Å²) in [4.78, 5) is 10.5. The number of benzene rings is 1. The van der Waals surface area contributed by atoms with Gasteiger partial charge in [-0.1, -0.05) is 6.07 Å². The molecule has 0 atom stereocenters. The van der Waals surface area contributed by atoms with Gasteiger partial charge in [-0.2, -0.15) is 0 Å². The van der Waals surface area contributed by atoms with Crippen LogP contribution in [-0.4, -0.2) is 23.2 Å². The molecular weight excluding hydrogens is 214 g/mol. The first-order chi connectivity index (χ1) is 7.59. The van der Waals surface area contributed by atoms with Crippen LogP contribution in [-0.2, 0) is 22.5 Å². The summed E-state index contributed by atoms with van der Waals surface area (Å²) in [5, 5.41) is 18.1.